The number of aromatic amines is 4. The highest BCUT2D eigenvalue weighted by molar-refractivity contribution is 7.03. The Morgan fingerprint density at radius 2 is 0.464 bits per heavy atom. The molecule has 24 heteroatoms. The second kappa shape index (κ2) is 238. The molecule has 138 heavy (non-hydrogen) atoms. The van der Waals surface area contributed by atoms with E-state index in [1.165, 1.54) is 62.0 Å². The van der Waals surface area contributed by atoms with E-state index in [0.717, 1.165) is 71.0 Å². The zero-order valence-corrected chi connectivity index (χ0v) is 103. The maximum absolute atomic E-state index is 4.33. The Balaban J connectivity index is -0.0000000443. The number of nitrogens with zero attached hydrogens (tertiary/aromatic N) is 18. The summed E-state index contributed by atoms with van der Waals surface area (Å²) < 4.78 is 8.10. The molecule has 0 atom stereocenters. The lowest BCUT2D eigenvalue weighted by atomic mass is 10.3. The van der Waals surface area contributed by atoms with Crippen LogP contribution in [0.15, 0.2) is 263 Å². The first-order valence-electron chi connectivity index (χ1n) is 51.4. The van der Waals surface area contributed by atoms with Gasteiger partial charge < -0.3 is 9.51 Å². The van der Waals surface area contributed by atoms with E-state index in [4.69, 9.17) is 0 Å². The number of imidazole rings is 1. The largest absolute Gasteiger partial charge is 0.365 e. The molecule has 11 aromatic heterocycles. The number of pyridine rings is 1. The van der Waals surface area contributed by atoms with Gasteiger partial charge in [-0.1, -0.05) is 463 Å². The van der Waals surface area contributed by atoms with Crippen molar-refractivity contribution in [2.45, 2.75) is 415 Å². The van der Waals surface area contributed by atoms with Gasteiger partial charge in [0, 0.05) is 105 Å². The molecule has 0 unspecified atom stereocenters. The van der Waals surface area contributed by atoms with E-state index in [0.29, 0.717) is 0 Å². The second-order valence-electron chi connectivity index (χ2n) is 30.7. The molecule has 4 N–H and O–H groups in total. The fourth-order valence-corrected chi connectivity index (χ4v) is 3.13. The lowest BCUT2D eigenvalue weighted by Gasteiger charge is -1.79. The van der Waals surface area contributed by atoms with E-state index in [2.05, 4.69) is 364 Å². The van der Waals surface area contributed by atoms with Gasteiger partial charge in [-0.25, -0.2) is 34.3 Å². The van der Waals surface area contributed by atoms with Crippen LogP contribution in [0.5, 0.6) is 0 Å². The number of hydrogen-bond donors (Lipinski definition) is 4. The van der Waals surface area contributed by atoms with Crippen molar-refractivity contribution in [3.63, 3.8) is 0 Å². The van der Waals surface area contributed by atoms with Crippen molar-refractivity contribution in [2.75, 3.05) is 0 Å². The highest BCUT2D eigenvalue weighted by Crippen LogP contribution is 1.88. The summed E-state index contributed by atoms with van der Waals surface area (Å²) in [5.41, 5.74) is 0. The van der Waals surface area contributed by atoms with E-state index in [1.807, 2.05) is 250 Å². The van der Waals surface area contributed by atoms with E-state index in [-0.39, 0.29) is 0 Å². The van der Waals surface area contributed by atoms with Gasteiger partial charge in [-0.3, -0.25) is 30.2 Å². The number of H-pyrrole nitrogens is 4. The number of hydrogen-bond acceptors (Lipinski definition) is 20. The Morgan fingerprint density at radius 3 is 0.543 bits per heavy atom. The zero-order chi connectivity index (χ0) is 114. The van der Waals surface area contributed by atoms with Crippen LogP contribution in [0.3, 0.4) is 0 Å². The molecule has 12 aromatic rings. The van der Waals surface area contributed by atoms with Crippen LogP contribution in [0.25, 0.3) is 0 Å². The molecule has 816 valence electrons. The Morgan fingerprint density at radius 1 is 0.188 bits per heavy atom. The molecule has 23 nitrogen and oxygen atoms in total. The molecule has 1 aromatic carbocycles. The molecule has 0 saturated carbocycles. The molecule has 11 heterocycles. The van der Waals surface area contributed by atoms with Crippen LogP contribution in [0.1, 0.15) is 415 Å². The molecular formula is C114H238N22OS. The van der Waals surface area contributed by atoms with Gasteiger partial charge in [-0.05, 0) is 131 Å². The third-order valence-electron chi connectivity index (χ3n) is 5.24. The normalized spacial score (nSPS) is 7.48. The summed E-state index contributed by atoms with van der Waals surface area (Å²) in [4.78, 5) is 35.7. The maximum Gasteiger partial charge on any atom is 0.138 e. The first kappa shape index (κ1) is 191. The van der Waals surface area contributed by atoms with Crippen molar-refractivity contribution in [2.24, 2.45) is 71.0 Å². The van der Waals surface area contributed by atoms with E-state index >= 15 is 0 Å². The summed E-state index contributed by atoms with van der Waals surface area (Å²) in [5.74, 6) is 10.0. The van der Waals surface area contributed by atoms with E-state index in [1.54, 1.807) is 124 Å². The van der Waals surface area contributed by atoms with Crippen LogP contribution >= 0.6 is 11.5 Å². The van der Waals surface area contributed by atoms with Gasteiger partial charge in [0.05, 0.1) is 18.7 Å². The van der Waals surface area contributed by atoms with Crippen molar-refractivity contribution >= 4 is 11.5 Å². The van der Waals surface area contributed by atoms with Gasteiger partial charge in [-0.2, -0.15) is 30.6 Å². The molecular weight excluding hydrogens is 1730 g/mol. The Bertz CT molecular complexity index is 2130. The van der Waals surface area contributed by atoms with Gasteiger partial charge in [-0.15, -0.1) is 5.10 Å². The molecule has 12 rings (SSSR count). The Kier molecular flexibility index (Phi) is 330. The molecule has 0 aliphatic rings. The quantitative estimate of drug-likeness (QED) is 0.110. The van der Waals surface area contributed by atoms with Crippen molar-refractivity contribution in [1.82, 2.24) is 110 Å². The zero-order valence-electron chi connectivity index (χ0n) is 102. The number of nitrogens with one attached hydrogen (secondary N) is 4. The van der Waals surface area contributed by atoms with Crippen LogP contribution in [-0.4, -0.2) is 110 Å². The summed E-state index contributed by atoms with van der Waals surface area (Å²) in [6.45, 7) is 126. The first-order valence-corrected chi connectivity index (χ1v) is 52.3. The summed E-state index contributed by atoms with van der Waals surface area (Å²) >= 11 is 1.46. The average molecular weight is 1970 g/mol. The van der Waals surface area contributed by atoms with Crippen molar-refractivity contribution in [3.8, 4) is 0 Å². The maximum atomic E-state index is 4.33. The van der Waals surface area contributed by atoms with Gasteiger partial charge in [0.2, 0.25) is 0 Å². The molecule has 0 aliphatic carbocycles. The Hall–Kier alpha value is -9.84. The van der Waals surface area contributed by atoms with Gasteiger partial charge in [0.1, 0.15) is 44.2 Å². The number of rotatable bonds is 0. The minimum absolute atomic E-state index is 0.833. The van der Waals surface area contributed by atoms with E-state index in [9.17, 15) is 0 Å². The fourth-order valence-electron chi connectivity index (χ4n) is 2.78. The molecule has 0 amide bonds. The lowest BCUT2D eigenvalue weighted by molar-refractivity contribution is 0.420. The molecule has 0 fully saturated rings. The van der Waals surface area contributed by atoms with Crippen molar-refractivity contribution in [1.29, 1.82) is 0 Å². The van der Waals surface area contributed by atoms with Crippen LogP contribution in [0.4, 0.5) is 0 Å². The summed E-state index contributed by atoms with van der Waals surface area (Å²) in [7, 11) is 0. The summed E-state index contributed by atoms with van der Waals surface area (Å²) in [5, 5.41) is 37.4. The standard InChI is InChI=1S/C6H6.C5H5N.3C4H4N2.12C4H10.C3H3N3.2C3H4N2.C3H3NO.C3H3NS.2C2H3N3.12C2H6/c2*1-2-4-6-5-3-1;1-2-6-4-3-5-1;1-2-5-4-6-3-1;1-2-4-6-5-3-1;12*1-4(2)3;1-2-5-6-3-4-1;1-2-5-3-4-1;3*1-2-4-5-3-1;2*1-3-2-5-4-1;12*1-2/h1-6H;1-5H;3*1-4H;12*4H,1-3H3;1-3H;2*1-3H,(H,4,5);2*1-3H;2*1-2H,(H,3,4,5);12*1-2H3. The fraction of sp³-hybridized carbons (Fsp3) is 0.632. The SMILES string of the molecule is CC.CC.CC.CC.CC.CC.CC.CC.CC.CC.CC.CC.CC(C)C.CC(C)C.CC(C)C.CC(C)C.CC(C)C.CC(C)C.CC(C)C.CC(C)C.CC(C)C.CC(C)C.CC(C)C.CC(C)C.c1c[nH]cn1.c1ccccc1.c1ccncc1.c1ccnnc1.c1cn[nH]c1.c1cnccn1.c1cncnc1.c1cnncn1.c1cnoc1.c1cnsc1.c1nc[nH]n1.c1nc[nH]n1. The smallest absolute Gasteiger partial charge is 0.138 e. The monoisotopic (exact) mass is 1960 g/mol. The average Bonchev–Trinajstić information content (AvgIpc) is 2.09. The van der Waals surface area contributed by atoms with Crippen LogP contribution in [0, 0.1) is 71.0 Å². The minimum Gasteiger partial charge on any atom is -0.365 e. The third kappa shape index (κ3) is 627. The van der Waals surface area contributed by atoms with Crippen LogP contribution < -0.4 is 0 Å². The van der Waals surface area contributed by atoms with Crippen LogP contribution in [-0.2, 0) is 0 Å². The Labute approximate surface area is 866 Å². The summed E-state index contributed by atoms with van der Waals surface area (Å²) in [6, 6.07) is 28.6. The molecule has 0 radical (unpaired) electrons. The molecule has 0 aliphatic heterocycles. The van der Waals surface area contributed by atoms with E-state index < -0.39 is 0 Å². The number of benzene rings is 1. The predicted octanol–water partition coefficient (Wildman–Crippen LogP) is 38.6. The highest BCUT2D eigenvalue weighted by atomic mass is 32.1. The minimum atomic E-state index is 0.833. The van der Waals surface area contributed by atoms with Crippen molar-refractivity contribution in [3.05, 3.63) is 258 Å². The van der Waals surface area contributed by atoms with Gasteiger partial charge >= 0.3 is 0 Å². The molecule has 0 bridgehead atoms. The molecule has 0 spiro atoms. The number of aromatic nitrogens is 22. The summed E-state index contributed by atoms with van der Waals surface area (Å²) in [6.07, 6.45) is 42.0. The van der Waals surface area contributed by atoms with Crippen LogP contribution in [0.2, 0.25) is 0 Å². The second-order valence-corrected chi connectivity index (χ2v) is 31.4. The first-order chi connectivity index (χ1) is 65.8. The van der Waals surface area contributed by atoms with Gasteiger partial charge in [0.15, 0.2) is 0 Å². The van der Waals surface area contributed by atoms with Gasteiger partial charge in [0.25, 0.3) is 0 Å². The lowest BCUT2D eigenvalue weighted by Crippen LogP contribution is -1.75. The highest BCUT2D eigenvalue weighted by Gasteiger charge is 1.75. The van der Waals surface area contributed by atoms with Crippen molar-refractivity contribution < 1.29 is 4.52 Å². The predicted molar refractivity (Wildman–Crippen MR) is 627 cm³/mol. The third-order valence-corrected chi connectivity index (χ3v) is 5.77. The molecule has 0 saturated heterocycles. The topological polar surface area (TPSA) is 308 Å².